The van der Waals surface area contributed by atoms with Crippen molar-refractivity contribution in [3.05, 3.63) is 46.2 Å². The van der Waals surface area contributed by atoms with E-state index < -0.39 is 10.0 Å². The molecule has 0 aliphatic rings. The molecule has 0 saturated heterocycles. The van der Waals surface area contributed by atoms with Gasteiger partial charge in [-0.05, 0) is 30.7 Å². The van der Waals surface area contributed by atoms with Crippen LogP contribution in [0.25, 0.3) is 0 Å². The van der Waals surface area contributed by atoms with Gasteiger partial charge in [-0.2, -0.15) is 17.6 Å². The molecule has 0 N–H and O–H groups in total. The number of hydrogen-bond donors (Lipinski definition) is 0. The first kappa shape index (κ1) is 12.4. The molecule has 2 aromatic rings. The van der Waals surface area contributed by atoms with E-state index in [0.717, 1.165) is 9.65 Å². The predicted molar refractivity (Wildman–Crippen MR) is 66.0 cm³/mol. The van der Waals surface area contributed by atoms with Gasteiger partial charge < -0.3 is 0 Å². The number of rotatable bonds is 2. The Bertz CT molecular complexity index is 665. The molecule has 0 bridgehead atoms. The van der Waals surface area contributed by atoms with Crippen LogP contribution in [-0.4, -0.2) is 17.6 Å². The second kappa shape index (κ2) is 4.33. The third-order valence-electron chi connectivity index (χ3n) is 2.11. The van der Waals surface area contributed by atoms with Gasteiger partial charge in [0, 0.05) is 11.2 Å². The first-order valence-electron chi connectivity index (χ1n) is 4.63. The molecule has 17 heavy (non-hydrogen) atoms. The monoisotopic (exact) mass is 290 g/mol. The second-order valence-corrected chi connectivity index (χ2v) is 6.08. The van der Waals surface area contributed by atoms with Crippen molar-refractivity contribution in [1.82, 2.24) is 9.19 Å². The van der Waals surface area contributed by atoms with Gasteiger partial charge in [0.05, 0.1) is 11.2 Å². The average molecular weight is 291 g/mol. The topological polar surface area (TPSA) is 52.0 Å². The van der Waals surface area contributed by atoms with Crippen LogP contribution >= 0.6 is 23.2 Å². The molecule has 0 aliphatic carbocycles. The van der Waals surface area contributed by atoms with Gasteiger partial charge in [-0.15, -0.1) is 0 Å². The molecule has 0 amide bonds. The molecule has 0 atom stereocenters. The molecule has 4 nitrogen and oxygen atoms in total. The van der Waals surface area contributed by atoms with Crippen LogP contribution in [0.4, 0.5) is 0 Å². The van der Waals surface area contributed by atoms with E-state index in [1.54, 1.807) is 6.92 Å². The smallest absolute Gasteiger partial charge is 0.199 e. The lowest BCUT2D eigenvalue weighted by Crippen LogP contribution is -2.13. The van der Waals surface area contributed by atoms with Crippen molar-refractivity contribution in [2.45, 2.75) is 11.8 Å². The van der Waals surface area contributed by atoms with Gasteiger partial charge in [0.1, 0.15) is 4.90 Å². The van der Waals surface area contributed by atoms with Gasteiger partial charge in [-0.1, -0.05) is 23.2 Å². The lowest BCUT2D eigenvalue weighted by atomic mass is 10.4. The SMILES string of the molecule is Cc1cnn(S(=O)(=O)c2cc(Cl)ccc2Cl)c1. The van der Waals surface area contributed by atoms with Crippen LogP contribution in [0.15, 0.2) is 35.5 Å². The minimum Gasteiger partial charge on any atom is -0.199 e. The summed E-state index contributed by atoms with van der Waals surface area (Å²) in [6, 6.07) is 4.26. The first-order valence-corrected chi connectivity index (χ1v) is 6.83. The quantitative estimate of drug-likeness (QED) is 0.855. The Balaban J connectivity index is 2.63. The van der Waals surface area contributed by atoms with Crippen molar-refractivity contribution in [3.8, 4) is 0 Å². The maximum Gasteiger partial charge on any atom is 0.284 e. The highest BCUT2D eigenvalue weighted by Gasteiger charge is 2.21. The fraction of sp³-hybridized carbons (Fsp3) is 0.100. The van der Waals surface area contributed by atoms with Crippen LogP contribution in [0.2, 0.25) is 10.0 Å². The number of hydrogen-bond acceptors (Lipinski definition) is 3. The van der Waals surface area contributed by atoms with E-state index >= 15 is 0 Å². The highest BCUT2D eigenvalue weighted by molar-refractivity contribution is 7.90. The van der Waals surface area contributed by atoms with Gasteiger partial charge in [0.25, 0.3) is 10.0 Å². The number of aromatic nitrogens is 2. The maximum atomic E-state index is 12.2. The van der Waals surface area contributed by atoms with Crippen LogP contribution < -0.4 is 0 Å². The van der Waals surface area contributed by atoms with Crippen molar-refractivity contribution in [1.29, 1.82) is 0 Å². The Morgan fingerprint density at radius 3 is 2.59 bits per heavy atom. The zero-order valence-corrected chi connectivity index (χ0v) is 11.1. The van der Waals surface area contributed by atoms with Crippen molar-refractivity contribution in [2.75, 3.05) is 0 Å². The van der Waals surface area contributed by atoms with Crippen LogP contribution in [0.1, 0.15) is 5.56 Å². The van der Waals surface area contributed by atoms with Gasteiger partial charge in [-0.3, -0.25) is 0 Å². The highest BCUT2D eigenvalue weighted by Crippen LogP contribution is 2.26. The minimum absolute atomic E-state index is 0.0604. The van der Waals surface area contributed by atoms with Gasteiger partial charge in [0.15, 0.2) is 0 Å². The Morgan fingerprint density at radius 2 is 2.00 bits per heavy atom. The molecule has 7 heteroatoms. The number of halogens is 2. The number of nitrogens with zero attached hydrogens (tertiary/aromatic N) is 2. The lowest BCUT2D eigenvalue weighted by molar-refractivity contribution is 0.580. The third-order valence-corrected chi connectivity index (χ3v) is 4.37. The summed E-state index contributed by atoms with van der Waals surface area (Å²) in [5, 5.41) is 4.18. The fourth-order valence-electron chi connectivity index (χ4n) is 1.30. The summed E-state index contributed by atoms with van der Waals surface area (Å²) in [7, 11) is -3.78. The van der Waals surface area contributed by atoms with E-state index in [4.69, 9.17) is 23.2 Å². The molecule has 2 rings (SSSR count). The highest BCUT2D eigenvalue weighted by atomic mass is 35.5. The summed E-state index contributed by atoms with van der Waals surface area (Å²) >= 11 is 11.6. The van der Waals surface area contributed by atoms with Gasteiger partial charge >= 0.3 is 0 Å². The summed E-state index contributed by atoms with van der Waals surface area (Å²) in [4.78, 5) is -0.0604. The van der Waals surface area contributed by atoms with Crippen LogP contribution in [0.3, 0.4) is 0 Å². The molecule has 0 radical (unpaired) electrons. The Kier molecular flexibility index (Phi) is 3.16. The standard InChI is InChI=1S/C10H8Cl2N2O2S/c1-7-5-13-14(6-7)17(15,16)10-4-8(11)2-3-9(10)12/h2-6H,1H3. The van der Waals surface area contributed by atoms with Gasteiger partial charge in [0.2, 0.25) is 0 Å². The molecule has 0 spiro atoms. The maximum absolute atomic E-state index is 12.2. The summed E-state index contributed by atoms with van der Waals surface area (Å²) in [5.41, 5.74) is 0.742. The molecule has 90 valence electrons. The van der Waals surface area contributed by atoms with Crippen molar-refractivity contribution < 1.29 is 8.42 Å². The third kappa shape index (κ3) is 2.31. The summed E-state index contributed by atoms with van der Waals surface area (Å²) in [6.07, 6.45) is 2.86. The average Bonchev–Trinajstić information content (AvgIpc) is 2.69. The Labute approximate surface area is 109 Å². The molecular formula is C10H8Cl2N2O2S. The molecule has 1 heterocycles. The second-order valence-electron chi connectivity index (χ2n) is 3.47. The minimum atomic E-state index is -3.78. The van der Waals surface area contributed by atoms with Gasteiger partial charge in [-0.25, -0.2) is 0 Å². The van der Waals surface area contributed by atoms with Crippen molar-refractivity contribution >= 4 is 33.2 Å². The molecule has 0 aliphatic heterocycles. The predicted octanol–water partition coefficient (Wildman–Crippen LogP) is 2.74. The summed E-state index contributed by atoms with van der Waals surface area (Å²) in [6.45, 7) is 1.75. The van der Waals surface area contributed by atoms with Crippen molar-refractivity contribution in [2.24, 2.45) is 0 Å². The van der Waals surface area contributed by atoms with E-state index in [1.807, 2.05) is 0 Å². The van der Waals surface area contributed by atoms with Crippen LogP contribution in [0.5, 0.6) is 0 Å². The van der Waals surface area contributed by atoms with Crippen LogP contribution in [0, 0.1) is 6.92 Å². The largest absolute Gasteiger partial charge is 0.284 e. The molecular weight excluding hydrogens is 283 g/mol. The van der Waals surface area contributed by atoms with Crippen molar-refractivity contribution in [3.63, 3.8) is 0 Å². The molecule has 1 aromatic carbocycles. The van der Waals surface area contributed by atoms with Crippen LogP contribution in [-0.2, 0) is 10.0 Å². The molecule has 0 fully saturated rings. The van der Waals surface area contributed by atoms with E-state index in [1.165, 1.54) is 30.6 Å². The molecule has 0 saturated carbocycles. The van der Waals surface area contributed by atoms with E-state index in [2.05, 4.69) is 5.10 Å². The number of benzene rings is 1. The lowest BCUT2D eigenvalue weighted by Gasteiger charge is -2.06. The normalized spacial score (nSPS) is 11.7. The Hall–Kier alpha value is -1.04. The summed E-state index contributed by atoms with van der Waals surface area (Å²) in [5.74, 6) is 0. The number of aryl methyl sites for hydroxylation is 1. The fourth-order valence-corrected chi connectivity index (χ4v) is 3.21. The van der Waals surface area contributed by atoms with E-state index in [-0.39, 0.29) is 9.92 Å². The van der Waals surface area contributed by atoms with E-state index in [9.17, 15) is 8.42 Å². The zero-order valence-electron chi connectivity index (χ0n) is 8.76. The summed E-state index contributed by atoms with van der Waals surface area (Å²) < 4.78 is 25.2. The van der Waals surface area contributed by atoms with E-state index in [0.29, 0.717) is 5.02 Å². The zero-order chi connectivity index (χ0) is 12.6. The molecule has 0 unspecified atom stereocenters. The first-order chi connectivity index (χ1) is 7.91. The molecule has 1 aromatic heterocycles. The Morgan fingerprint density at radius 1 is 1.29 bits per heavy atom.